The molecule has 4 heteroatoms. The molecule has 0 rings (SSSR count). The minimum atomic E-state index is -0.361. The van der Waals surface area contributed by atoms with Crippen LogP contribution in [0.3, 0.4) is 0 Å². The molecule has 0 aliphatic carbocycles. The van der Waals surface area contributed by atoms with Gasteiger partial charge in [-0.3, -0.25) is 4.79 Å². The number of halogens is 1. The van der Waals surface area contributed by atoms with E-state index < -0.39 is 0 Å². The van der Waals surface area contributed by atoms with E-state index in [4.69, 9.17) is 0 Å². The van der Waals surface area contributed by atoms with Crippen molar-refractivity contribution in [2.45, 2.75) is 6.92 Å². The van der Waals surface area contributed by atoms with E-state index in [9.17, 15) is 4.79 Å². The molecule has 6 heavy (non-hydrogen) atoms. The van der Waals surface area contributed by atoms with Gasteiger partial charge in [0.05, 0.1) is 0 Å². The van der Waals surface area contributed by atoms with Crippen LogP contribution >= 0.6 is 11.6 Å². The summed E-state index contributed by atoms with van der Waals surface area (Å²) in [5.41, 5.74) is 0. The monoisotopic (exact) mass is 134 g/mol. The standard InChI is InChI=1S/C2H3ClO.K.H2O/c1-2(3)4;;/h1H3;;1H2/q;+1;/p-1. The topological polar surface area (TPSA) is 47.1 Å². The molecule has 0 aromatic rings. The van der Waals surface area contributed by atoms with E-state index in [0.29, 0.717) is 0 Å². The largest absolute Gasteiger partial charge is 1.00 e. The van der Waals surface area contributed by atoms with Gasteiger partial charge in [0.2, 0.25) is 5.24 Å². The van der Waals surface area contributed by atoms with Gasteiger partial charge in [-0.25, -0.2) is 0 Å². The van der Waals surface area contributed by atoms with Gasteiger partial charge in [-0.1, -0.05) is 0 Å². The van der Waals surface area contributed by atoms with Crippen molar-refractivity contribution < 1.29 is 61.7 Å². The Labute approximate surface area is 84.0 Å². The molecule has 0 bridgehead atoms. The summed E-state index contributed by atoms with van der Waals surface area (Å²) < 4.78 is 0. The molecule has 0 spiro atoms. The summed E-state index contributed by atoms with van der Waals surface area (Å²) in [7, 11) is 0. The minimum absolute atomic E-state index is 0. The van der Waals surface area contributed by atoms with Gasteiger partial charge in [-0.05, 0) is 11.6 Å². The third kappa shape index (κ3) is 47.6. The van der Waals surface area contributed by atoms with E-state index in [0.717, 1.165) is 0 Å². The van der Waals surface area contributed by atoms with E-state index in [2.05, 4.69) is 11.6 Å². The van der Waals surface area contributed by atoms with Crippen LogP contribution in [0.1, 0.15) is 6.92 Å². The normalized spacial score (nSPS) is 4.33. The number of hydrogen-bond donors (Lipinski definition) is 0. The Kier molecular flexibility index (Phi) is 25.4. The second-order valence-corrected chi connectivity index (χ2v) is 1.00. The Morgan fingerprint density at radius 1 is 1.67 bits per heavy atom. The molecule has 0 aliphatic rings. The van der Waals surface area contributed by atoms with E-state index in [1.165, 1.54) is 6.92 Å². The first-order valence-electron chi connectivity index (χ1n) is 0.893. The van der Waals surface area contributed by atoms with Crippen LogP contribution in [0.15, 0.2) is 0 Å². The molecule has 0 aliphatic heterocycles. The Bertz CT molecular complexity index is 34.5. The fourth-order valence-electron chi connectivity index (χ4n) is 0. The van der Waals surface area contributed by atoms with Gasteiger partial charge in [0.15, 0.2) is 0 Å². The van der Waals surface area contributed by atoms with Crippen molar-refractivity contribution in [3.63, 3.8) is 0 Å². The average Bonchev–Trinajstić information content (AvgIpc) is 0.811. The third-order valence-electron chi connectivity index (χ3n) is 0. The smallest absolute Gasteiger partial charge is 0.870 e. The Morgan fingerprint density at radius 2 is 1.67 bits per heavy atom. The van der Waals surface area contributed by atoms with Gasteiger partial charge < -0.3 is 5.48 Å². The summed E-state index contributed by atoms with van der Waals surface area (Å²) in [5.74, 6) is 0. The average molecular weight is 135 g/mol. The number of carbonyl (C=O) groups excluding carboxylic acids is 1. The second-order valence-electron chi connectivity index (χ2n) is 0.470. The molecule has 32 valence electrons. The summed E-state index contributed by atoms with van der Waals surface area (Å²) >= 11 is 4.64. The van der Waals surface area contributed by atoms with Crippen molar-refractivity contribution in [1.82, 2.24) is 0 Å². The van der Waals surface area contributed by atoms with Crippen molar-refractivity contribution in [1.29, 1.82) is 0 Å². The molecule has 0 saturated heterocycles. The molecule has 0 heterocycles. The van der Waals surface area contributed by atoms with E-state index in [1.54, 1.807) is 0 Å². The first-order chi connectivity index (χ1) is 1.73. The first-order valence-corrected chi connectivity index (χ1v) is 1.27. The second kappa shape index (κ2) is 9.75. The molecule has 0 aromatic heterocycles. The zero-order chi connectivity index (χ0) is 3.58. The van der Waals surface area contributed by atoms with Gasteiger partial charge in [0.1, 0.15) is 0 Å². The molecule has 0 aromatic carbocycles. The first kappa shape index (κ1) is 15.6. The zero-order valence-corrected chi connectivity index (χ0v) is 7.61. The van der Waals surface area contributed by atoms with Gasteiger partial charge in [-0.2, -0.15) is 0 Å². The van der Waals surface area contributed by atoms with Crippen molar-refractivity contribution in [2.75, 3.05) is 0 Å². The zero-order valence-electron chi connectivity index (χ0n) is 3.73. The summed E-state index contributed by atoms with van der Waals surface area (Å²) in [6.45, 7) is 1.29. The van der Waals surface area contributed by atoms with Gasteiger partial charge >= 0.3 is 51.4 Å². The minimum Gasteiger partial charge on any atom is -0.870 e. The fraction of sp³-hybridized carbons (Fsp3) is 0.500. The maximum atomic E-state index is 9.21. The fourth-order valence-corrected chi connectivity index (χ4v) is 0. The SMILES string of the molecule is CC(=O)Cl.[K+].[OH-]. The van der Waals surface area contributed by atoms with E-state index in [-0.39, 0.29) is 62.1 Å². The van der Waals surface area contributed by atoms with Crippen molar-refractivity contribution in [3.05, 3.63) is 0 Å². The van der Waals surface area contributed by atoms with Crippen molar-refractivity contribution in [2.24, 2.45) is 0 Å². The molecular weight excluding hydrogens is 131 g/mol. The number of hydrogen-bond acceptors (Lipinski definition) is 2. The Hall–Kier alpha value is 1.56. The molecule has 0 radical (unpaired) electrons. The predicted molar refractivity (Wildman–Crippen MR) is 18.5 cm³/mol. The maximum absolute atomic E-state index is 9.21. The summed E-state index contributed by atoms with van der Waals surface area (Å²) in [5, 5.41) is -0.361. The number of rotatable bonds is 0. The summed E-state index contributed by atoms with van der Waals surface area (Å²) in [6.07, 6.45) is 0. The molecule has 0 amide bonds. The summed E-state index contributed by atoms with van der Waals surface area (Å²) in [4.78, 5) is 9.21. The molecular formula is C2H4ClKO2. The van der Waals surface area contributed by atoms with E-state index >= 15 is 0 Å². The molecule has 0 saturated carbocycles. The van der Waals surface area contributed by atoms with Crippen LogP contribution in [-0.4, -0.2) is 10.7 Å². The van der Waals surface area contributed by atoms with Gasteiger partial charge in [0.25, 0.3) is 0 Å². The van der Waals surface area contributed by atoms with Crippen LogP contribution < -0.4 is 51.4 Å². The summed E-state index contributed by atoms with van der Waals surface area (Å²) in [6, 6.07) is 0. The van der Waals surface area contributed by atoms with Crippen LogP contribution in [0.5, 0.6) is 0 Å². The predicted octanol–water partition coefficient (Wildman–Crippen LogP) is -2.40. The van der Waals surface area contributed by atoms with Gasteiger partial charge in [0, 0.05) is 6.92 Å². The van der Waals surface area contributed by atoms with Crippen molar-refractivity contribution in [3.8, 4) is 0 Å². The van der Waals surface area contributed by atoms with Crippen LogP contribution in [0.2, 0.25) is 0 Å². The maximum Gasteiger partial charge on any atom is 1.00 e. The molecule has 2 nitrogen and oxygen atoms in total. The number of carbonyl (C=O) groups is 1. The van der Waals surface area contributed by atoms with E-state index in [1.807, 2.05) is 0 Å². The van der Waals surface area contributed by atoms with Crippen LogP contribution in [0, 0.1) is 0 Å². The van der Waals surface area contributed by atoms with Crippen LogP contribution in [-0.2, 0) is 4.79 Å². The molecule has 0 atom stereocenters. The third-order valence-corrected chi connectivity index (χ3v) is 0. The van der Waals surface area contributed by atoms with Crippen molar-refractivity contribution >= 4 is 16.8 Å². The Balaban J connectivity index is -0.0000000450. The van der Waals surface area contributed by atoms with Gasteiger partial charge in [-0.15, -0.1) is 0 Å². The molecule has 0 unspecified atom stereocenters. The quantitative estimate of drug-likeness (QED) is 0.274. The van der Waals surface area contributed by atoms with Crippen LogP contribution in [0.4, 0.5) is 0 Å². The molecule has 1 N–H and O–H groups in total. The Morgan fingerprint density at radius 3 is 1.67 bits per heavy atom. The molecule has 0 fully saturated rings. The van der Waals surface area contributed by atoms with Crippen LogP contribution in [0.25, 0.3) is 0 Å².